The molecule has 1 aliphatic rings. The van der Waals surface area contributed by atoms with E-state index in [1.165, 1.54) is 31.7 Å². The van der Waals surface area contributed by atoms with Gasteiger partial charge in [0.2, 0.25) is 0 Å². The maximum absolute atomic E-state index is 13.3. The van der Waals surface area contributed by atoms with Crippen LogP contribution in [0.25, 0.3) is 11.0 Å². The highest BCUT2D eigenvalue weighted by Crippen LogP contribution is 2.23. The maximum Gasteiger partial charge on any atom is 0.161 e. The summed E-state index contributed by atoms with van der Waals surface area (Å²) in [5, 5.41) is 3.44. The minimum atomic E-state index is -0.845. The zero-order valence-corrected chi connectivity index (χ0v) is 11.4. The van der Waals surface area contributed by atoms with Gasteiger partial charge in [-0.15, -0.1) is 0 Å². The molecule has 3 rings (SSSR count). The molecule has 3 nitrogen and oxygen atoms in total. The molecular formula is C15H19F2N3. The van der Waals surface area contributed by atoms with E-state index in [1.54, 1.807) is 6.33 Å². The van der Waals surface area contributed by atoms with Crippen LogP contribution in [-0.4, -0.2) is 22.6 Å². The number of halogens is 2. The predicted octanol–water partition coefficient (Wildman–Crippen LogP) is 3.09. The molecule has 1 saturated carbocycles. The topological polar surface area (TPSA) is 29.9 Å². The molecule has 5 heteroatoms. The molecular weight excluding hydrogens is 260 g/mol. The fourth-order valence-electron chi connectivity index (χ4n) is 2.95. The molecule has 0 saturated heterocycles. The molecule has 0 spiro atoms. The van der Waals surface area contributed by atoms with Crippen LogP contribution in [0, 0.1) is 17.6 Å². The highest BCUT2D eigenvalue weighted by molar-refractivity contribution is 5.75. The summed E-state index contributed by atoms with van der Waals surface area (Å²) < 4.78 is 28.2. The molecule has 1 heterocycles. The van der Waals surface area contributed by atoms with Gasteiger partial charge >= 0.3 is 0 Å². The predicted molar refractivity (Wildman–Crippen MR) is 74.5 cm³/mol. The van der Waals surface area contributed by atoms with Gasteiger partial charge in [-0.25, -0.2) is 13.8 Å². The van der Waals surface area contributed by atoms with Gasteiger partial charge in [-0.3, -0.25) is 0 Å². The zero-order valence-electron chi connectivity index (χ0n) is 11.4. The molecule has 1 aliphatic carbocycles. The normalized spacial score (nSPS) is 16.3. The third kappa shape index (κ3) is 2.82. The number of aromatic nitrogens is 2. The Kier molecular flexibility index (Phi) is 3.96. The number of hydrogen-bond donors (Lipinski definition) is 1. The van der Waals surface area contributed by atoms with E-state index in [0.29, 0.717) is 17.6 Å². The van der Waals surface area contributed by atoms with Gasteiger partial charge in [-0.2, -0.15) is 0 Å². The lowest BCUT2D eigenvalue weighted by atomic mass is 10.1. The average molecular weight is 279 g/mol. The number of rotatable bonds is 5. The van der Waals surface area contributed by atoms with Gasteiger partial charge in [0.05, 0.1) is 17.4 Å². The minimum absolute atomic E-state index is 0.500. The van der Waals surface area contributed by atoms with Crippen molar-refractivity contribution in [1.29, 1.82) is 0 Å². The maximum atomic E-state index is 13.3. The third-order valence-electron chi connectivity index (χ3n) is 4.10. The van der Waals surface area contributed by atoms with Gasteiger partial charge in [-0.05, 0) is 25.3 Å². The lowest BCUT2D eigenvalue weighted by Crippen LogP contribution is -2.25. The number of nitrogens with one attached hydrogen (secondary N) is 1. The minimum Gasteiger partial charge on any atom is -0.329 e. The second-order valence-electron chi connectivity index (χ2n) is 5.55. The molecule has 1 aromatic carbocycles. The second-order valence-corrected chi connectivity index (χ2v) is 5.55. The summed E-state index contributed by atoms with van der Waals surface area (Å²) in [4.78, 5) is 4.11. The van der Waals surface area contributed by atoms with Crippen LogP contribution in [0.5, 0.6) is 0 Å². The fourth-order valence-corrected chi connectivity index (χ4v) is 2.95. The van der Waals surface area contributed by atoms with Crippen LogP contribution in [0.3, 0.4) is 0 Å². The average Bonchev–Trinajstić information content (AvgIpc) is 3.06. The molecule has 108 valence electrons. The van der Waals surface area contributed by atoms with E-state index in [2.05, 4.69) is 10.3 Å². The van der Waals surface area contributed by atoms with Gasteiger partial charge in [-0.1, -0.05) is 12.8 Å². The van der Waals surface area contributed by atoms with Crippen molar-refractivity contribution in [2.75, 3.05) is 13.1 Å². The number of nitrogens with zero attached hydrogens (tertiary/aromatic N) is 2. The largest absolute Gasteiger partial charge is 0.329 e. The van der Waals surface area contributed by atoms with Crippen molar-refractivity contribution in [2.45, 2.75) is 32.2 Å². The van der Waals surface area contributed by atoms with Crippen molar-refractivity contribution < 1.29 is 8.78 Å². The van der Waals surface area contributed by atoms with E-state index < -0.39 is 11.6 Å². The number of benzene rings is 1. The van der Waals surface area contributed by atoms with Crippen LogP contribution in [0.4, 0.5) is 8.78 Å². The summed E-state index contributed by atoms with van der Waals surface area (Å²) >= 11 is 0. The monoisotopic (exact) mass is 279 g/mol. The summed E-state index contributed by atoms with van der Waals surface area (Å²) in [6, 6.07) is 2.36. The van der Waals surface area contributed by atoms with Crippen molar-refractivity contribution >= 4 is 11.0 Å². The quantitative estimate of drug-likeness (QED) is 0.852. The Labute approximate surface area is 117 Å². The first-order chi connectivity index (χ1) is 9.74. The van der Waals surface area contributed by atoms with Crippen molar-refractivity contribution in [1.82, 2.24) is 14.9 Å². The Hall–Kier alpha value is -1.49. The lowest BCUT2D eigenvalue weighted by Gasteiger charge is -2.11. The van der Waals surface area contributed by atoms with Crippen molar-refractivity contribution in [3.05, 3.63) is 30.1 Å². The molecule has 20 heavy (non-hydrogen) atoms. The molecule has 0 aliphatic heterocycles. The number of fused-ring (bicyclic) bond motifs is 1. The molecule has 1 N–H and O–H groups in total. The van der Waals surface area contributed by atoms with Crippen LogP contribution < -0.4 is 5.32 Å². The van der Waals surface area contributed by atoms with E-state index in [9.17, 15) is 8.78 Å². The molecule has 2 aromatic rings. The second kappa shape index (κ2) is 5.87. The smallest absolute Gasteiger partial charge is 0.161 e. The van der Waals surface area contributed by atoms with Crippen molar-refractivity contribution in [3.63, 3.8) is 0 Å². The Bertz CT molecular complexity index is 588. The Balaban J connectivity index is 1.58. The first-order valence-corrected chi connectivity index (χ1v) is 7.24. The number of hydrogen-bond acceptors (Lipinski definition) is 2. The Morgan fingerprint density at radius 3 is 2.75 bits per heavy atom. The van der Waals surface area contributed by atoms with Crippen LogP contribution in [0.2, 0.25) is 0 Å². The zero-order chi connectivity index (χ0) is 13.9. The van der Waals surface area contributed by atoms with Gasteiger partial charge in [0.15, 0.2) is 11.6 Å². The highest BCUT2D eigenvalue weighted by Gasteiger charge is 2.14. The third-order valence-corrected chi connectivity index (χ3v) is 4.10. The number of imidazole rings is 1. The van der Waals surface area contributed by atoms with E-state index >= 15 is 0 Å². The Morgan fingerprint density at radius 2 is 1.95 bits per heavy atom. The van der Waals surface area contributed by atoms with Crippen LogP contribution in [0.1, 0.15) is 25.7 Å². The molecule has 0 unspecified atom stereocenters. The first kappa shape index (κ1) is 13.5. The van der Waals surface area contributed by atoms with E-state index in [-0.39, 0.29) is 0 Å². The SMILES string of the molecule is Fc1cc2ncn(CCNCC3CCCC3)c2cc1F. The molecule has 0 amide bonds. The van der Waals surface area contributed by atoms with Crippen molar-refractivity contribution in [3.8, 4) is 0 Å². The summed E-state index contributed by atoms with van der Waals surface area (Å²) in [5.41, 5.74) is 1.14. The summed E-state index contributed by atoms with van der Waals surface area (Å²) in [7, 11) is 0. The lowest BCUT2D eigenvalue weighted by molar-refractivity contribution is 0.477. The van der Waals surface area contributed by atoms with Crippen molar-refractivity contribution in [2.24, 2.45) is 5.92 Å². The molecule has 0 radical (unpaired) electrons. The van der Waals surface area contributed by atoms with E-state index in [4.69, 9.17) is 0 Å². The van der Waals surface area contributed by atoms with Crippen LogP contribution in [-0.2, 0) is 6.54 Å². The molecule has 1 aromatic heterocycles. The van der Waals surface area contributed by atoms with Crippen LogP contribution in [0.15, 0.2) is 18.5 Å². The first-order valence-electron chi connectivity index (χ1n) is 7.24. The molecule has 1 fully saturated rings. The van der Waals surface area contributed by atoms with E-state index in [0.717, 1.165) is 25.1 Å². The highest BCUT2D eigenvalue weighted by atomic mass is 19.2. The van der Waals surface area contributed by atoms with Crippen LogP contribution >= 0.6 is 0 Å². The fraction of sp³-hybridized carbons (Fsp3) is 0.533. The summed E-state index contributed by atoms with van der Waals surface area (Å²) in [6.45, 7) is 2.59. The summed E-state index contributed by atoms with van der Waals surface area (Å²) in [5.74, 6) is -0.860. The summed E-state index contributed by atoms with van der Waals surface area (Å²) in [6.07, 6.45) is 6.99. The van der Waals surface area contributed by atoms with Gasteiger partial charge in [0.25, 0.3) is 0 Å². The van der Waals surface area contributed by atoms with E-state index in [1.807, 2.05) is 4.57 Å². The molecule has 0 bridgehead atoms. The molecule has 0 atom stereocenters. The standard InChI is InChI=1S/C15H19F2N3/c16-12-7-14-15(8-13(12)17)20(10-19-14)6-5-18-9-11-3-1-2-4-11/h7-8,10-11,18H,1-6,9H2. The Morgan fingerprint density at radius 1 is 1.20 bits per heavy atom. The van der Waals surface area contributed by atoms with Gasteiger partial charge in [0, 0.05) is 25.2 Å². The van der Waals surface area contributed by atoms with Gasteiger partial charge in [0.1, 0.15) is 0 Å². The van der Waals surface area contributed by atoms with Gasteiger partial charge < -0.3 is 9.88 Å².